The zero-order valence-electron chi connectivity index (χ0n) is 20.2. The molecule has 7 heteroatoms. The van der Waals surface area contributed by atoms with E-state index < -0.39 is 17.2 Å². The number of fused-ring (bicyclic) bond motifs is 1. The summed E-state index contributed by atoms with van der Waals surface area (Å²) in [6.07, 6.45) is 2.07. The van der Waals surface area contributed by atoms with E-state index in [0.29, 0.717) is 41.2 Å². The maximum atomic E-state index is 13.4. The van der Waals surface area contributed by atoms with Crippen LogP contribution >= 0.6 is 0 Å². The molecule has 1 aliphatic rings. The van der Waals surface area contributed by atoms with Crippen LogP contribution in [0.25, 0.3) is 11.0 Å². The Balaban J connectivity index is 1.47. The zero-order chi connectivity index (χ0) is 24.3. The van der Waals surface area contributed by atoms with E-state index in [1.165, 1.54) is 0 Å². The normalized spacial score (nSPS) is 14.8. The second-order valence-electron chi connectivity index (χ2n) is 9.91. The van der Waals surface area contributed by atoms with Crippen LogP contribution in [-0.4, -0.2) is 29.7 Å². The first-order valence-corrected chi connectivity index (χ1v) is 11.6. The Morgan fingerprint density at radius 3 is 2.47 bits per heavy atom. The highest BCUT2D eigenvalue weighted by Gasteiger charge is 2.40. The van der Waals surface area contributed by atoms with Gasteiger partial charge < -0.3 is 24.5 Å². The monoisotopic (exact) mass is 464 g/mol. The van der Waals surface area contributed by atoms with Crippen molar-refractivity contribution >= 4 is 23.0 Å². The van der Waals surface area contributed by atoms with Crippen LogP contribution in [0, 0.1) is 6.92 Å². The van der Waals surface area contributed by atoms with E-state index >= 15 is 0 Å². The molecular weight excluding hydrogens is 432 g/mol. The quantitative estimate of drug-likeness (QED) is 0.482. The van der Waals surface area contributed by atoms with E-state index in [1.54, 1.807) is 6.92 Å². The standard InChI is InChI=1S/C27H32N2O5/c1-18-23(24(30)29-27(13-8-14-27)17-28-25(31)34-26(2,3)4)21-15-20(11-12-22(21)33-18)32-16-19-9-6-5-7-10-19/h5-7,9-12,15H,8,13-14,16-17H2,1-4H3,(H,28,31)(H,29,30). The van der Waals surface area contributed by atoms with Crippen molar-refractivity contribution in [3.05, 3.63) is 65.4 Å². The molecule has 34 heavy (non-hydrogen) atoms. The predicted octanol–water partition coefficient (Wildman–Crippen LogP) is 5.50. The molecule has 7 nitrogen and oxygen atoms in total. The maximum Gasteiger partial charge on any atom is 0.407 e. The Kier molecular flexibility index (Phi) is 6.55. The Morgan fingerprint density at radius 2 is 1.82 bits per heavy atom. The van der Waals surface area contributed by atoms with Gasteiger partial charge >= 0.3 is 6.09 Å². The van der Waals surface area contributed by atoms with Crippen molar-refractivity contribution in [2.45, 2.75) is 64.7 Å². The minimum Gasteiger partial charge on any atom is -0.489 e. The number of hydrogen-bond acceptors (Lipinski definition) is 5. The fourth-order valence-corrected chi connectivity index (χ4v) is 4.12. The number of alkyl carbamates (subject to hydrolysis) is 1. The molecule has 2 amide bonds. The van der Waals surface area contributed by atoms with Crippen molar-refractivity contribution in [3.8, 4) is 5.75 Å². The summed E-state index contributed by atoms with van der Waals surface area (Å²) in [7, 11) is 0. The van der Waals surface area contributed by atoms with Crippen molar-refractivity contribution in [2.75, 3.05) is 6.54 Å². The summed E-state index contributed by atoms with van der Waals surface area (Å²) in [6.45, 7) is 7.98. The summed E-state index contributed by atoms with van der Waals surface area (Å²) in [5.74, 6) is 0.987. The van der Waals surface area contributed by atoms with Gasteiger partial charge in [0.1, 0.15) is 29.3 Å². The van der Waals surface area contributed by atoms with Gasteiger partial charge in [-0.25, -0.2) is 4.79 Å². The molecule has 1 aromatic heterocycles. The number of carbonyl (C=O) groups is 2. The van der Waals surface area contributed by atoms with Gasteiger partial charge in [-0.3, -0.25) is 4.79 Å². The van der Waals surface area contributed by atoms with Gasteiger partial charge in [-0.1, -0.05) is 30.3 Å². The molecule has 1 aliphatic carbocycles. The van der Waals surface area contributed by atoms with Crippen molar-refractivity contribution < 1.29 is 23.5 Å². The topological polar surface area (TPSA) is 89.8 Å². The van der Waals surface area contributed by atoms with Crippen LogP contribution < -0.4 is 15.4 Å². The SMILES string of the molecule is Cc1oc2ccc(OCc3ccccc3)cc2c1C(=O)NC1(CNC(=O)OC(C)(C)C)CCC1. The first-order valence-electron chi connectivity index (χ1n) is 11.6. The summed E-state index contributed by atoms with van der Waals surface area (Å²) in [5, 5.41) is 6.66. The van der Waals surface area contributed by atoms with Gasteiger partial charge in [0.2, 0.25) is 0 Å². The van der Waals surface area contributed by atoms with Crippen molar-refractivity contribution in [3.63, 3.8) is 0 Å². The third-order valence-electron chi connectivity index (χ3n) is 5.97. The Bertz CT molecular complexity index is 1170. The number of nitrogens with one attached hydrogen (secondary N) is 2. The summed E-state index contributed by atoms with van der Waals surface area (Å²) < 4.78 is 17.1. The van der Waals surface area contributed by atoms with Gasteiger partial charge in [-0.05, 0) is 70.7 Å². The van der Waals surface area contributed by atoms with Gasteiger partial charge in [0.05, 0.1) is 11.1 Å². The number of carbonyl (C=O) groups excluding carboxylic acids is 2. The van der Waals surface area contributed by atoms with Crippen LogP contribution in [-0.2, 0) is 11.3 Å². The highest BCUT2D eigenvalue weighted by molar-refractivity contribution is 6.07. The zero-order valence-corrected chi connectivity index (χ0v) is 20.2. The lowest BCUT2D eigenvalue weighted by Crippen LogP contribution is -2.60. The number of furan rings is 1. The summed E-state index contributed by atoms with van der Waals surface area (Å²) in [4.78, 5) is 25.5. The highest BCUT2D eigenvalue weighted by Crippen LogP contribution is 2.34. The van der Waals surface area contributed by atoms with Gasteiger partial charge in [-0.2, -0.15) is 0 Å². The summed E-state index contributed by atoms with van der Waals surface area (Å²) >= 11 is 0. The number of ether oxygens (including phenoxy) is 2. The van der Waals surface area contributed by atoms with Crippen LogP contribution in [0.2, 0.25) is 0 Å². The smallest absolute Gasteiger partial charge is 0.407 e. The molecular formula is C27H32N2O5. The van der Waals surface area contributed by atoms with Crippen LogP contribution in [0.4, 0.5) is 4.79 Å². The third kappa shape index (κ3) is 5.53. The molecule has 0 radical (unpaired) electrons. The molecule has 2 N–H and O–H groups in total. The van der Waals surface area contributed by atoms with E-state index in [4.69, 9.17) is 13.9 Å². The molecule has 1 saturated carbocycles. The van der Waals surface area contributed by atoms with E-state index in [1.807, 2.05) is 69.3 Å². The average Bonchev–Trinajstić information content (AvgIpc) is 3.08. The minimum atomic E-state index is -0.576. The van der Waals surface area contributed by atoms with Crippen molar-refractivity contribution in [2.24, 2.45) is 0 Å². The molecule has 4 rings (SSSR count). The van der Waals surface area contributed by atoms with Gasteiger partial charge in [0, 0.05) is 11.9 Å². The Hall–Kier alpha value is -3.48. The molecule has 0 spiro atoms. The lowest BCUT2D eigenvalue weighted by molar-refractivity contribution is 0.0477. The number of benzene rings is 2. The Morgan fingerprint density at radius 1 is 1.09 bits per heavy atom. The third-order valence-corrected chi connectivity index (χ3v) is 5.97. The number of amides is 2. The highest BCUT2D eigenvalue weighted by atomic mass is 16.6. The fourth-order valence-electron chi connectivity index (χ4n) is 4.12. The molecule has 1 fully saturated rings. The predicted molar refractivity (Wildman–Crippen MR) is 130 cm³/mol. The van der Waals surface area contributed by atoms with Crippen LogP contribution in [0.1, 0.15) is 61.7 Å². The molecule has 3 aromatic rings. The molecule has 2 aromatic carbocycles. The van der Waals surface area contributed by atoms with E-state index in [9.17, 15) is 9.59 Å². The number of rotatable bonds is 7. The fraction of sp³-hybridized carbons (Fsp3) is 0.407. The lowest BCUT2D eigenvalue weighted by Gasteiger charge is -2.42. The Labute approximate surface area is 199 Å². The first kappa shape index (κ1) is 23.7. The van der Waals surface area contributed by atoms with E-state index in [-0.39, 0.29) is 5.91 Å². The summed E-state index contributed by atoms with van der Waals surface area (Å²) in [6, 6.07) is 15.4. The summed E-state index contributed by atoms with van der Waals surface area (Å²) in [5.41, 5.74) is 1.11. The lowest BCUT2D eigenvalue weighted by atomic mass is 9.76. The average molecular weight is 465 g/mol. The number of hydrogen-bond donors (Lipinski definition) is 2. The molecule has 180 valence electrons. The largest absolute Gasteiger partial charge is 0.489 e. The maximum absolute atomic E-state index is 13.4. The van der Waals surface area contributed by atoms with E-state index in [2.05, 4.69) is 10.6 Å². The van der Waals surface area contributed by atoms with Crippen molar-refractivity contribution in [1.82, 2.24) is 10.6 Å². The minimum absolute atomic E-state index is 0.220. The van der Waals surface area contributed by atoms with Crippen LogP contribution in [0.15, 0.2) is 52.9 Å². The van der Waals surface area contributed by atoms with Gasteiger partial charge in [0.15, 0.2) is 0 Å². The van der Waals surface area contributed by atoms with Crippen molar-refractivity contribution in [1.29, 1.82) is 0 Å². The molecule has 0 atom stereocenters. The second-order valence-corrected chi connectivity index (χ2v) is 9.91. The first-order chi connectivity index (χ1) is 16.1. The molecule has 1 heterocycles. The van der Waals surface area contributed by atoms with Crippen LogP contribution in [0.3, 0.4) is 0 Å². The molecule has 0 saturated heterocycles. The number of aryl methyl sites for hydroxylation is 1. The molecule has 0 unspecified atom stereocenters. The second kappa shape index (κ2) is 9.41. The molecule has 0 bridgehead atoms. The molecule has 0 aliphatic heterocycles. The van der Waals surface area contributed by atoms with Crippen LogP contribution in [0.5, 0.6) is 5.75 Å². The van der Waals surface area contributed by atoms with Gasteiger partial charge in [0.25, 0.3) is 5.91 Å². The van der Waals surface area contributed by atoms with Gasteiger partial charge in [-0.15, -0.1) is 0 Å². The van der Waals surface area contributed by atoms with E-state index in [0.717, 1.165) is 24.8 Å².